The minimum Gasteiger partial charge on any atom is -0.383 e. The largest absolute Gasteiger partial charge is 0.416 e. The van der Waals surface area contributed by atoms with Crippen molar-refractivity contribution < 1.29 is 22.8 Å². The molecule has 0 aliphatic heterocycles. The summed E-state index contributed by atoms with van der Waals surface area (Å²) in [6.07, 6.45) is -3.02. The maximum Gasteiger partial charge on any atom is 0.416 e. The van der Waals surface area contributed by atoms with E-state index in [9.17, 15) is 22.8 Å². The number of nitrogens with two attached hydrogens (primary N) is 1. The molecular formula is C16H15F3N4O2. The molecule has 6 nitrogen and oxygen atoms in total. The summed E-state index contributed by atoms with van der Waals surface area (Å²) in [4.78, 5) is 26.7. The molecule has 0 atom stereocenters. The zero-order chi connectivity index (χ0) is 18.4. The van der Waals surface area contributed by atoms with E-state index in [0.29, 0.717) is 12.2 Å². The molecule has 0 aliphatic rings. The summed E-state index contributed by atoms with van der Waals surface area (Å²) < 4.78 is 37.4. The molecule has 0 radical (unpaired) electrons. The van der Waals surface area contributed by atoms with Crippen LogP contribution in [0.3, 0.4) is 0 Å². The predicted octanol–water partition coefficient (Wildman–Crippen LogP) is 2.04. The van der Waals surface area contributed by atoms with E-state index >= 15 is 0 Å². The maximum absolute atomic E-state index is 12.5. The summed E-state index contributed by atoms with van der Waals surface area (Å²) >= 11 is 0. The molecule has 2 amide bonds. The van der Waals surface area contributed by atoms with E-state index in [1.165, 1.54) is 12.3 Å². The number of alkyl halides is 3. The zero-order valence-electron chi connectivity index (χ0n) is 12.9. The molecule has 1 aromatic carbocycles. The second kappa shape index (κ2) is 7.65. The summed E-state index contributed by atoms with van der Waals surface area (Å²) in [7, 11) is 0. The maximum atomic E-state index is 12.5. The van der Waals surface area contributed by atoms with Gasteiger partial charge in [0.05, 0.1) is 5.56 Å². The predicted molar refractivity (Wildman–Crippen MR) is 85.0 cm³/mol. The van der Waals surface area contributed by atoms with Gasteiger partial charge in [0.25, 0.3) is 11.8 Å². The van der Waals surface area contributed by atoms with Crippen molar-refractivity contribution in [2.24, 2.45) is 5.73 Å². The highest BCUT2D eigenvalue weighted by molar-refractivity contribution is 5.94. The Balaban J connectivity index is 1.82. The van der Waals surface area contributed by atoms with Gasteiger partial charge in [0.1, 0.15) is 5.69 Å². The Bertz CT molecular complexity index is 761. The number of rotatable bonds is 6. The van der Waals surface area contributed by atoms with Gasteiger partial charge in [0, 0.05) is 30.5 Å². The first-order chi connectivity index (χ1) is 11.8. The fraction of sp³-hybridized carbons (Fsp3) is 0.188. The first kappa shape index (κ1) is 18.2. The van der Waals surface area contributed by atoms with Gasteiger partial charge in [-0.2, -0.15) is 13.2 Å². The van der Waals surface area contributed by atoms with Crippen LogP contribution in [0.1, 0.15) is 26.4 Å². The lowest BCUT2D eigenvalue weighted by molar-refractivity contribution is -0.137. The van der Waals surface area contributed by atoms with E-state index in [4.69, 9.17) is 5.73 Å². The number of carbonyl (C=O) groups excluding carboxylic acids is 2. The van der Waals surface area contributed by atoms with Crippen LogP contribution in [0.15, 0.2) is 42.6 Å². The van der Waals surface area contributed by atoms with E-state index < -0.39 is 23.6 Å². The second-order valence-electron chi connectivity index (χ2n) is 5.05. The smallest absolute Gasteiger partial charge is 0.383 e. The lowest BCUT2D eigenvalue weighted by atomic mass is 10.1. The molecule has 1 aromatic heterocycles. The van der Waals surface area contributed by atoms with Gasteiger partial charge in [0.2, 0.25) is 0 Å². The van der Waals surface area contributed by atoms with Gasteiger partial charge in [-0.3, -0.25) is 14.6 Å². The standard InChI is InChI=1S/C16H15F3N4O2/c17-16(18,19)11-3-1-10(2-4-11)15(25)23-8-7-21-12-5-6-22-13(9-12)14(20)24/h1-6,9H,7-8H2,(H2,20,24)(H,21,22)(H,23,25). The Morgan fingerprint density at radius 3 is 2.36 bits per heavy atom. The number of anilines is 1. The first-order valence-corrected chi connectivity index (χ1v) is 7.22. The van der Waals surface area contributed by atoms with Gasteiger partial charge in [-0.1, -0.05) is 0 Å². The molecule has 0 saturated heterocycles. The van der Waals surface area contributed by atoms with Crippen LogP contribution in [-0.2, 0) is 6.18 Å². The molecular weight excluding hydrogens is 337 g/mol. The van der Waals surface area contributed by atoms with Gasteiger partial charge in [-0.15, -0.1) is 0 Å². The van der Waals surface area contributed by atoms with Gasteiger partial charge >= 0.3 is 6.18 Å². The minimum atomic E-state index is -4.44. The number of aromatic nitrogens is 1. The number of nitrogens with one attached hydrogen (secondary N) is 2. The highest BCUT2D eigenvalue weighted by Crippen LogP contribution is 2.29. The van der Waals surface area contributed by atoms with Crippen LogP contribution >= 0.6 is 0 Å². The van der Waals surface area contributed by atoms with Crippen molar-refractivity contribution in [2.75, 3.05) is 18.4 Å². The Labute approximate surface area is 141 Å². The molecule has 0 unspecified atom stereocenters. The Kier molecular flexibility index (Phi) is 5.58. The first-order valence-electron chi connectivity index (χ1n) is 7.22. The average Bonchev–Trinajstić information content (AvgIpc) is 2.58. The van der Waals surface area contributed by atoms with Crippen LogP contribution in [0, 0.1) is 0 Å². The second-order valence-corrected chi connectivity index (χ2v) is 5.05. The third-order valence-corrected chi connectivity index (χ3v) is 3.23. The van der Waals surface area contributed by atoms with Crippen LogP contribution in [0.25, 0.3) is 0 Å². The quantitative estimate of drug-likeness (QED) is 0.693. The number of benzene rings is 1. The molecule has 2 aromatic rings. The van der Waals surface area contributed by atoms with Crippen molar-refractivity contribution in [1.82, 2.24) is 10.3 Å². The Hall–Kier alpha value is -3.10. The number of pyridine rings is 1. The number of primary amides is 1. The number of carbonyl (C=O) groups is 2. The summed E-state index contributed by atoms with van der Waals surface area (Å²) in [6, 6.07) is 7.05. The fourth-order valence-corrected chi connectivity index (χ4v) is 1.97. The third-order valence-electron chi connectivity index (χ3n) is 3.23. The molecule has 0 aliphatic carbocycles. The molecule has 2 rings (SSSR count). The minimum absolute atomic E-state index is 0.110. The van der Waals surface area contributed by atoms with Crippen molar-refractivity contribution in [1.29, 1.82) is 0 Å². The van der Waals surface area contributed by atoms with Crippen LogP contribution in [0.2, 0.25) is 0 Å². The molecule has 25 heavy (non-hydrogen) atoms. The molecule has 0 fully saturated rings. The summed E-state index contributed by atoms with van der Waals surface area (Å²) in [5, 5.41) is 5.54. The summed E-state index contributed by atoms with van der Waals surface area (Å²) in [6.45, 7) is 0.572. The third kappa shape index (κ3) is 5.20. The molecule has 1 heterocycles. The SMILES string of the molecule is NC(=O)c1cc(NCCNC(=O)c2ccc(C(F)(F)F)cc2)ccn1. The van der Waals surface area contributed by atoms with Gasteiger partial charge in [-0.25, -0.2) is 0 Å². The lowest BCUT2D eigenvalue weighted by Crippen LogP contribution is -2.28. The Morgan fingerprint density at radius 1 is 1.08 bits per heavy atom. The molecule has 0 bridgehead atoms. The van der Waals surface area contributed by atoms with Crippen molar-refractivity contribution in [3.8, 4) is 0 Å². The topological polar surface area (TPSA) is 97.1 Å². The van der Waals surface area contributed by atoms with Crippen molar-refractivity contribution >= 4 is 17.5 Å². The van der Waals surface area contributed by atoms with Crippen molar-refractivity contribution in [2.45, 2.75) is 6.18 Å². The van der Waals surface area contributed by atoms with Crippen molar-refractivity contribution in [3.63, 3.8) is 0 Å². The van der Waals surface area contributed by atoms with Crippen LogP contribution in [0.4, 0.5) is 18.9 Å². The monoisotopic (exact) mass is 352 g/mol. The van der Waals surface area contributed by atoms with Crippen LogP contribution in [-0.4, -0.2) is 29.9 Å². The van der Waals surface area contributed by atoms with Crippen molar-refractivity contribution in [3.05, 3.63) is 59.4 Å². The van der Waals surface area contributed by atoms with Gasteiger partial charge in [0.15, 0.2) is 0 Å². The van der Waals surface area contributed by atoms with E-state index in [1.54, 1.807) is 6.07 Å². The highest BCUT2D eigenvalue weighted by Gasteiger charge is 2.30. The number of halogens is 3. The average molecular weight is 352 g/mol. The van der Waals surface area contributed by atoms with Crippen LogP contribution < -0.4 is 16.4 Å². The van der Waals surface area contributed by atoms with E-state index in [0.717, 1.165) is 24.3 Å². The highest BCUT2D eigenvalue weighted by atomic mass is 19.4. The fourth-order valence-electron chi connectivity index (χ4n) is 1.97. The van der Waals surface area contributed by atoms with Crippen LogP contribution in [0.5, 0.6) is 0 Å². The van der Waals surface area contributed by atoms with Gasteiger partial charge in [-0.05, 0) is 36.4 Å². The number of nitrogens with zero attached hydrogens (tertiary/aromatic N) is 1. The van der Waals surface area contributed by atoms with Gasteiger partial charge < -0.3 is 16.4 Å². The molecule has 132 valence electrons. The van der Waals surface area contributed by atoms with E-state index in [2.05, 4.69) is 15.6 Å². The molecule has 0 saturated carbocycles. The molecule has 0 spiro atoms. The number of hydrogen-bond donors (Lipinski definition) is 3. The normalized spacial score (nSPS) is 11.0. The summed E-state index contributed by atoms with van der Waals surface area (Å²) in [5.41, 5.74) is 5.16. The Morgan fingerprint density at radius 2 is 1.76 bits per heavy atom. The van der Waals surface area contributed by atoms with E-state index in [-0.39, 0.29) is 17.8 Å². The number of amides is 2. The van der Waals surface area contributed by atoms with E-state index in [1.807, 2.05) is 0 Å². The lowest BCUT2D eigenvalue weighted by Gasteiger charge is -2.10. The zero-order valence-corrected chi connectivity index (χ0v) is 12.9. The molecule has 4 N–H and O–H groups in total. The summed E-state index contributed by atoms with van der Waals surface area (Å²) in [5.74, 6) is -1.14. The number of hydrogen-bond acceptors (Lipinski definition) is 4. The molecule has 9 heteroatoms.